The number of aliphatic hydroxyl groups excluding tert-OH is 1. The first kappa shape index (κ1) is 13.6. The van der Waals surface area contributed by atoms with Gasteiger partial charge in [-0.3, -0.25) is 0 Å². The Kier molecular flexibility index (Phi) is 4.83. The molecule has 1 aliphatic rings. The van der Waals surface area contributed by atoms with Crippen LogP contribution >= 0.6 is 11.8 Å². The molecular weight excluding hydrogens is 246 g/mol. The zero-order valence-corrected chi connectivity index (χ0v) is 11.8. The number of nitrogens with zero attached hydrogens (tertiary/aromatic N) is 2. The van der Waals surface area contributed by atoms with E-state index in [0.29, 0.717) is 0 Å². The Hall–Kier alpha value is -0.810. The van der Waals surface area contributed by atoms with E-state index in [4.69, 9.17) is 0 Å². The van der Waals surface area contributed by atoms with Crippen LogP contribution in [0, 0.1) is 0 Å². The van der Waals surface area contributed by atoms with Crippen LogP contribution in [0.15, 0.2) is 6.33 Å². The molecule has 100 valence electrons. The zero-order valence-electron chi connectivity index (χ0n) is 11.0. The van der Waals surface area contributed by atoms with Crippen LogP contribution < -0.4 is 5.32 Å². The van der Waals surface area contributed by atoms with E-state index in [1.165, 1.54) is 24.1 Å². The number of hydrogen-bond donors (Lipinski definition) is 2. The molecule has 0 fully saturated rings. The summed E-state index contributed by atoms with van der Waals surface area (Å²) in [4.78, 5) is 8.74. The highest BCUT2D eigenvalue weighted by Gasteiger charge is 2.20. The molecule has 0 bridgehead atoms. The topological polar surface area (TPSA) is 58.0 Å². The van der Waals surface area contributed by atoms with Crippen LogP contribution in [0.2, 0.25) is 0 Å². The Morgan fingerprint density at radius 3 is 2.89 bits per heavy atom. The van der Waals surface area contributed by atoms with Crippen molar-refractivity contribution in [1.29, 1.82) is 0 Å². The summed E-state index contributed by atoms with van der Waals surface area (Å²) in [5.74, 6) is 0.958. The van der Waals surface area contributed by atoms with E-state index in [0.717, 1.165) is 18.7 Å². The number of aromatic nitrogens is 2. The molecule has 2 N–H and O–H groups in total. The van der Waals surface area contributed by atoms with Crippen molar-refractivity contribution in [1.82, 2.24) is 9.97 Å². The molecule has 0 saturated heterocycles. The Morgan fingerprint density at radius 2 is 2.17 bits per heavy atom. The van der Waals surface area contributed by atoms with Crippen molar-refractivity contribution in [2.45, 2.75) is 43.9 Å². The van der Waals surface area contributed by atoms with Crippen molar-refractivity contribution in [3.05, 3.63) is 17.6 Å². The normalized spacial score (nSPS) is 17.9. The lowest BCUT2D eigenvalue weighted by Gasteiger charge is -2.25. The second-order valence-corrected chi connectivity index (χ2v) is 5.82. The predicted octanol–water partition coefficient (Wildman–Crippen LogP) is 1.88. The molecule has 1 aromatic heterocycles. The predicted molar refractivity (Wildman–Crippen MR) is 76.1 cm³/mol. The first-order valence-electron chi connectivity index (χ1n) is 6.49. The average molecular weight is 267 g/mol. The molecule has 4 nitrogen and oxygen atoms in total. The number of aliphatic hydroxyl groups is 1. The monoisotopic (exact) mass is 267 g/mol. The Balaban J connectivity index is 2.14. The minimum Gasteiger partial charge on any atom is -0.395 e. The summed E-state index contributed by atoms with van der Waals surface area (Å²) >= 11 is 1.68. The molecule has 0 radical (unpaired) electrons. The van der Waals surface area contributed by atoms with Gasteiger partial charge in [-0.15, -0.1) is 0 Å². The van der Waals surface area contributed by atoms with E-state index >= 15 is 0 Å². The molecule has 5 heteroatoms. The smallest absolute Gasteiger partial charge is 0.133 e. The Morgan fingerprint density at radius 1 is 1.39 bits per heavy atom. The third-order valence-electron chi connectivity index (χ3n) is 3.53. The third kappa shape index (κ3) is 2.95. The van der Waals surface area contributed by atoms with Crippen LogP contribution in [0.5, 0.6) is 0 Å². The highest BCUT2D eigenvalue weighted by molar-refractivity contribution is 7.99. The molecule has 1 aliphatic carbocycles. The van der Waals surface area contributed by atoms with Crippen LogP contribution in [0.25, 0.3) is 0 Å². The van der Waals surface area contributed by atoms with E-state index in [-0.39, 0.29) is 17.9 Å². The summed E-state index contributed by atoms with van der Waals surface area (Å²) in [6, 6.07) is 0.200. The molecule has 0 amide bonds. The number of nitrogens with one attached hydrogen (secondary N) is 1. The van der Waals surface area contributed by atoms with E-state index in [1.54, 1.807) is 18.1 Å². The van der Waals surface area contributed by atoms with Gasteiger partial charge in [0.1, 0.15) is 12.1 Å². The average Bonchev–Trinajstić information content (AvgIpc) is 2.40. The molecule has 18 heavy (non-hydrogen) atoms. The highest BCUT2D eigenvalue weighted by Crippen LogP contribution is 2.25. The van der Waals surface area contributed by atoms with Gasteiger partial charge in [0, 0.05) is 22.5 Å². The van der Waals surface area contributed by atoms with Gasteiger partial charge in [-0.25, -0.2) is 9.97 Å². The van der Waals surface area contributed by atoms with Gasteiger partial charge < -0.3 is 10.4 Å². The summed E-state index contributed by atoms with van der Waals surface area (Å²) in [5.41, 5.74) is 2.46. The molecule has 1 aromatic rings. The van der Waals surface area contributed by atoms with Gasteiger partial charge in [-0.05, 0) is 38.9 Å². The lowest BCUT2D eigenvalue weighted by Crippen LogP contribution is -2.32. The van der Waals surface area contributed by atoms with Gasteiger partial charge in [0.15, 0.2) is 0 Å². The fourth-order valence-corrected chi connectivity index (χ4v) is 3.02. The quantitative estimate of drug-likeness (QED) is 0.853. The number of anilines is 1. The van der Waals surface area contributed by atoms with E-state index in [2.05, 4.69) is 22.2 Å². The summed E-state index contributed by atoms with van der Waals surface area (Å²) in [6.45, 7) is 2.28. The number of hydrogen-bond acceptors (Lipinski definition) is 5. The summed E-state index contributed by atoms with van der Waals surface area (Å²) in [5, 5.41) is 13.0. The maximum Gasteiger partial charge on any atom is 0.133 e. The number of fused-ring (bicyclic) bond motifs is 1. The molecule has 2 atom stereocenters. The van der Waals surface area contributed by atoms with E-state index in [9.17, 15) is 5.11 Å². The highest BCUT2D eigenvalue weighted by atomic mass is 32.2. The maximum absolute atomic E-state index is 9.32. The van der Waals surface area contributed by atoms with Gasteiger partial charge in [-0.2, -0.15) is 11.8 Å². The largest absolute Gasteiger partial charge is 0.395 e. The standard InChI is InChI=1S/C13H21N3OS/c1-9(12(7-17)18-2)16-13-10-5-3-4-6-11(10)14-8-15-13/h8-9,12,17H,3-7H2,1-2H3,(H,14,15,16). The summed E-state index contributed by atoms with van der Waals surface area (Å²) in [6.07, 6.45) is 8.24. The van der Waals surface area contributed by atoms with E-state index < -0.39 is 0 Å². The van der Waals surface area contributed by atoms with Crippen LogP contribution in [0.4, 0.5) is 5.82 Å². The first-order valence-corrected chi connectivity index (χ1v) is 7.78. The summed E-state index contributed by atoms with van der Waals surface area (Å²) < 4.78 is 0. The van der Waals surface area contributed by atoms with Gasteiger partial charge in [0.05, 0.1) is 6.61 Å². The fraction of sp³-hybridized carbons (Fsp3) is 0.692. The molecule has 2 unspecified atom stereocenters. The summed E-state index contributed by atoms with van der Waals surface area (Å²) in [7, 11) is 0. The van der Waals surface area contributed by atoms with Gasteiger partial charge in [0.25, 0.3) is 0 Å². The van der Waals surface area contributed by atoms with Gasteiger partial charge >= 0.3 is 0 Å². The molecule has 0 spiro atoms. The van der Waals surface area contributed by atoms with Crippen LogP contribution in [0.3, 0.4) is 0 Å². The van der Waals surface area contributed by atoms with Crippen LogP contribution in [-0.2, 0) is 12.8 Å². The van der Waals surface area contributed by atoms with Crippen molar-refractivity contribution in [3.8, 4) is 0 Å². The lowest BCUT2D eigenvalue weighted by molar-refractivity contribution is 0.288. The molecule has 0 aromatic carbocycles. The molecule has 2 rings (SSSR count). The van der Waals surface area contributed by atoms with E-state index in [1.807, 2.05) is 6.26 Å². The molecule has 1 heterocycles. The van der Waals surface area contributed by atoms with Crippen molar-refractivity contribution < 1.29 is 5.11 Å². The number of thioether (sulfide) groups is 1. The number of aryl methyl sites for hydroxylation is 1. The second-order valence-electron chi connectivity index (χ2n) is 4.74. The third-order valence-corrected chi connectivity index (χ3v) is 4.69. The van der Waals surface area contributed by atoms with Crippen LogP contribution in [0.1, 0.15) is 31.0 Å². The van der Waals surface area contributed by atoms with Crippen LogP contribution in [-0.4, -0.2) is 39.2 Å². The van der Waals surface area contributed by atoms with Gasteiger partial charge in [0.2, 0.25) is 0 Å². The SMILES string of the molecule is CSC(CO)C(C)Nc1ncnc2c1CCCC2. The fourth-order valence-electron chi connectivity index (χ4n) is 2.39. The Bertz CT molecular complexity index is 396. The number of rotatable bonds is 5. The van der Waals surface area contributed by atoms with Crippen molar-refractivity contribution in [3.63, 3.8) is 0 Å². The minimum absolute atomic E-state index is 0.183. The molecule has 0 saturated carbocycles. The zero-order chi connectivity index (χ0) is 13.0. The molecule has 0 aliphatic heterocycles. The molecular formula is C13H21N3OS. The lowest BCUT2D eigenvalue weighted by atomic mass is 9.96. The second kappa shape index (κ2) is 6.38. The van der Waals surface area contributed by atoms with Crippen molar-refractivity contribution in [2.75, 3.05) is 18.2 Å². The Labute approximate surface area is 113 Å². The first-order chi connectivity index (χ1) is 8.76. The van der Waals surface area contributed by atoms with Gasteiger partial charge in [-0.1, -0.05) is 0 Å². The maximum atomic E-state index is 9.32. The van der Waals surface area contributed by atoms with Crippen molar-refractivity contribution in [2.24, 2.45) is 0 Å². The minimum atomic E-state index is 0.183. The van der Waals surface area contributed by atoms with Crippen molar-refractivity contribution >= 4 is 17.6 Å².